The predicted molar refractivity (Wildman–Crippen MR) is 82.8 cm³/mol. The minimum atomic E-state index is -0.00141. The quantitative estimate of drug-likeness (QED) is 0.871. The second-order valence-electron chi connectivity index (χ2n) is 5.82. The maximum atomic E-state index is 12.7. The van der Waals surface area contributed by atoms with Gasteiger partial charge in [-0.1, -0.05) is 5.16 Å². The van der Waals surface area contributed by atoms with Crippen LogP contribution in [0.15, 0.2) is 28.9 Å². The van der Waals surface area contributed by atoms with Gasteiger partial charge in [0.25, 0.3) is 5.91 Å². The number of hydrogen-bond acceptors (Lipinski definition) is 5. The molecule has 3 heterocycles. The third kappa shape index (κ3) is 2.68. The van der Waals surface area contributed by atoms with E-state index in [4.69, 9.17) is 4.52 Å². The lowest BCUT2D eigenvalue weighted by molar-refractivity contribution is 0.0730. The number of hydrogen-bond donors (Lipinski definition) is 0. The van der Waals surface area contributed by atoms with Gasteiger partial charge in [0.05, 0.1) is 11.6 Å². The smallest absolute Gasteiger partial charge is 0.255 e. The number of nitrogens with zero attached hydrogens (tertiary/aromatic N) is 4. The van der Waals surface area contributed by atoms with Crippen molar-refractivity contribution < 1.29 is 9.32 Å². The van der Waals surface area contributed by atoms with Crippen molar-refractivity contribution in [2.75, 3.05) is 25.5 Å². The van der Waals surface area contributed by atoms with Crippen LogP contribution in [0.5, 0.6) is 0 Å². The van der Waals surface area contributed by atoms with Crippen molar-refractivity contribution in [3.63, 3.8) is 0 Å². The number of anilines is 1. The number of amides is 1. The zero-order chi connectivity index (χ0) is 15.7. The maximum absolute atomic E-state index is 12.7. The van der Waals surface area contributed by atoms with Crippen molar-refractivity contribution in [3.05, 3.63) is 41.4 Å². The monoisotopic (exact) mass is 300 g/mol. The highest BCUT2D eigenvalue weighted by atomic mass is 16.5. The van der Waals surface area contributed by atoms with E-state index in [1.54, 1.807) is 6.20 Å². The third-order valence-electron chi connectivity index (χ3n) is 3.95. The first-order valence-electron chi connectivity index (χ1n) is 7.44. The first-order valence-corrected chi connectivity index (χ1v) is 7.44. The standard InChI is InChI=1S/C16H20N4O2/c1-11-9-13(18-22-11)14-5-4-8-20(14)16(21)12-6-7-15(17-10-12)19(2)3/h6-7,9-10,14H,4-5,8H2,1-3H3/t14-/m1/s1. The van der Waals surface area contributed by atoms with Gasteiger partial charge in [0.1, 0.15) is 17.3 Å². The van der Waals surface area contributed by atoms with Crippen LogP contribution in [-0.4, -0.2) is 41.6 Å². The maximum Gasteiger partial charge on any atom is 0.255 e. The van der Waals surface area contributed by atoms with E-state index < -0.39 is 0 Å². The molecule has 1 saturated heterocycles. The summed E-state index contributed by atoms with van der Waals surface area (Å²) >= 11 is 0. The van der Waals surface area contributed by atoms with Crippen LogP contribution in [0.3, 0.4) is 0 Å². The molecular formula is C16H20N4O2. The van der Waals surface area contributed by atoms with E-state index in [9.17, 15) is 4.79 Å². The average Bonchev–Trinajstić information content (AvgIpc) is 3.15. The van der Waals surface area contributed by atoms with Gasteiger partial charge in [-0.3, -0.25) is 4.79 Å². The lowest BCUT2D eigenvalue weighted by Crippen LogP contribution is -2.30. The second-order valence-corrected chi connectivity index (χ2v) is 5.82. The molecule has 0 N–H and O–H groups in total. The average molecular weight is 300 g/mol. The van der Waals surface area contributed by atoms with E-state index in [1.165, 1.54) is 0 Å². The molecule has 0 spiro atoms. The molecule has 1 fully saturated rings. The number of carbonyl (C=O) groups excluding carboxylic acids is 1. The first kappa shape index (κ1) is 14.6. The molecule has 1 atom stereocenters. The number of aryl methyl sites for hydroxylation is 1. The summed E-state index contributed by atoms with van der Waals surface area (Å²) in [5, 5.41) is 4.07. The fourth-order valence-corrected chi connectivity index (χ4v) is 2.80. The van der Waals surface area contributed by atoms with Gasteiger partial charge in [-0.05, 0) is 31.9 Å². The van der Waals surface area contributed by atoms with Crippen molar-refractivity contribution in [3.8, 4) is 0 Å². The summed E-state index contributed by atoms with van der Waals surface area (Å²) in [6, 6.07) is 5.59. The topological polar surface area (TPSA) is 62.5 Å². The Morgan fingerprint density at radius 3 is 2.82 bits per heavy atom. The van der Waals surface area contributed by atoms with Crippen LogP contribution in [0.2, 0.25) is 0 Å². The van der Waals surface area contributed by atoms with Gasteiger partial charge in [-0.2, -0.15) is 0 Å². The summed E-state index contributed by atoms with van der Waals surface area (Å²) in [7, 11) is 3.85. The summed E-state index contributed by atoms with van der Waals surface area (Å²) in [4.78, 5) is 20.8. The molecule has 0 saturated carbocycles. The highest BCUT2D eigenvalue weighted by Crippen LogP contribution is 2.32. The van der Waals surface area contributed by atoms with Gasteiger partial charge in [0.15, 0.2) is 0 Å². The molecule has 0 aliphatic carbocycles. The molecule has 3 rings (SSSR count). The van der Waals surface area contributed by atoms with Crippen LogP contribution in [0.1, 0.15) is 40.7 Å². The Morgan fingerprint density at radius 2 is 2.23 bits per heavy atom. The van der Waals surface area contributed by atoms with Gasteiger partial charge in [-0.15, -0.1) is 0 Å². The molecule has 1 aliphatic rings. The van der Waals surface area contributed by atoms with E-state index in [1.807, 2.05) is 49.0 Å². The third-order valence-corrected chi connectivity index (χ3v) is 3.95. The Kier molecular flexibility index (Phi) is 3.83. The van der Waals surface area contributed by atoms with Crippen LogP contribution in [-0.2, 0) is 0 Å². The van der Waals surface area contributed by atoms with Gasteiger partial charge in [0.2, 0.25) is 0 Å². The minimum absolute atomic E-state index is 0.000888. The molecule has 1 amide bonds. The Morgan fingerprint density at radius 1 is 1.41 bits per heavy atom. The number of pyridine rings is 1. The highest BCUT2D eigenvalue weighted by molar-refractivity contribution is 5.94. The molecule has 0 radical (unpaired) electrons. The number of carbonyl (C=O) groups is 1. The van der Waals surface area contributed by atoms with Crippen molar-refractivity contribution in [1.82, 2.24) is 15.0 Å². The van der Waals surface area contributed by atoms with Gasteiger partial charge in [-0.25, -0.2) is 4.98 Å². The molecular weight excluding hydrogens is 280 g/mol. The van der Waals surface area contributed by atoms with Gasteiger partial charge in [0, 0.05) is 32.9 Å². The zero-order valence-corrected chi connectivity index (χ0v) is 13.1. The lowest BCUT2D eigenvalue weighted by Gasteiger charge is -2.23. The van der Waals surface area contributed by atoms with Crippen LogP contribution < -0.4 is 4.90 Å². The molecule has 116 valence electrons. The summed E-state index contributed by atoms with van der Waals surface area (Å²) in [5.74, 6) is 1.61. The Balaban J connectivity index is 1.81. The second kappa shape index (κ2) is 5.79. The Labute approximate surface area is 129 Å². The molecule has 0 bridgehead atoms. The molecule has 2 aromatic heterocycles. The summed E-state index contributed by atoms with van der Waals surface area (Å²) < 4.78 is 5.15. The Bertz CT molecular complexity index is 663. The normalized spacial score (nSPS) is 17.8. The lowest BCUT2D eigenvalue weighted by atomic mass is 10.1. The molecule has 0 unspecified atom stereocenters. The fourth-order valence-electron chi connectivity index (χ4n) is 2.80. The van der Waals surface area contributed by atoms with E-state index in [-0.39, 0.29) is 11.9 Å². The van der Waals surface area contributed by atoms with Crippen LogP contribution in [0.25, 0.3) is 0 Å². The summed E-state index contributed by atoms with van der Waals surface area (Å²) in [6.07, 6.45) is 3.54. The van der Waals surface area contributed by atoms with E-state index in [0.29, 0.717) is 5.56 Å². The number of rotatable bonds is 3. The molecule has 2 aromatic rings. The molecule has 1 aliphatic heterocycles. The molecule has 0 aromatic carbocycles. The van der Waals surface area contributed by atoms with Crippen molar-refractivity contribution >= 4 is 11.7 Å². The van der Waals surface area contributed by atoms with Crippen LogP contribution in [0.4, 0.5) is 5.82 Å². The number of likely N-dealkylation sites (tertiary alicyclic amines) is 1. The largest absolute Gasteiger partial charge is 0.363 e. The minimum Gasteiger partial charge on any atom is -0.363 e. The van der Waals surface area contributed by atoms with E-state index in [2.05, 4.69) is 10.1 Å². The fraction of sp³-hybridized carbons (Fsp3) is 0.438. The van der Waals surface area contributed by atoms with Crippen LogP contribution >= 0.6 is 0 Å². The molecule has 6 nitrogen and oxygen atoms in total. The van der Waals surface area contributed by atoms with Crippen molar-refractivity contribution in [1.29, 1.82) is 0 Å². The first-order chi connectivity index (χ1) is 10.6. The van der Waals surface area contributed by atoms with E-state index >= 15 is 0 Å². The van der Waals surface area contributed by atoms with Crippen molar-refractivity contribution in [2.45, 2.75) is 25.8 Å². The van der Waals surface area contributed by atoms with Crippen LogP contribution in [0, 0.1) is 6.92 Å². The van der Waals surface area contributed by atoms with Crippen molar-refractivity contribution in [2.24, 2.45) is 0 Å². The zero-order valence-electron chi connectivity index (χ0n) is 13.1. The summed E-state index contributed by atoms with van der Waals surface area (Å²) in [5.41, 5.74) is 1.44. The predicted octanol–water partition coefficient (Wildman–Crippen LogP) is 2.42. The number of aromatic nitrogens is 2. The molecule has 22 heavy (non-hydrogen) atoms. The van der Waals surface area contributed by atoms with Gasteiger partial charge < -0.3 is 14.3 Å². The summed E-state index contributed by atoms with van der Waals surface area (Å²) in [6.45, 7) is 2.60. The SMILES string of the molecule is Cc1cc([C@H]2CCCN2C(=O)c2ccc(N(C)C)nc2)no1. The van der Waals surface area contributed by atoms with E-state index in [0.717, 1.165) is 36.7 Å². The van der Waals surface area contributed by atoms with Gasteiger partial charge >= 0.3 is 0 Å². The molecule has 6 heteroatoms. The highest BCUT2D eigenvalue weighted by Gasteiger charge is 2.32. The Hall–Kier alpha value is -2.37.